The number of nitrogens with zero attached hydrogens (tertiary/aromatic N) is 5. The zero-order valence-electron chi connectivity index (χ0n) is 12.7. The topological polar surface area (TPSA) is 131 Å². The summed E-state index contributed by atoms with van der Waals surface area (Å²) in [5.41, 5.74) is 7.32. The largest absolute Gasteiger partial charge is 0.383 e. The molecule has 10 heteroatoms. The lowest BCUT2D eigenvalue weighted by molar-refractivity contribution is 0.202. The number of aromatic nitrogens is 6. The summed E-state index contributed by atoms with van der Waals surface area (Å²) < 4.78 is 14.4. The molecule has 3 rings (SSSR count). The van der Waals surface area contributed by atoms with Crippen LogP contribution in [0.5, 0.6) is 0 Å². The molecule has 23 heavy (non-hydrogen) atoms. The maximum atomic E-state index is 13.0. The van der Waals surface area contributed by atoms with Gasteiger partial charge in [-0.05, 0) is 13.8 Å². The van der Waals surface area contributed by atoms with E-state index in [9.17, 15) is 9.50 Å². The molecule has 9 nitrogen and oxygen atoms in total. The number of hydrogen-bond acceptors (Lipinski definition) is 7. The number of nitrogens with one attached hydrogen (secondary N) is 2. The van der Waals surface area contributed by atoms with E-state index >= 15 is 0 Å². The third-order valence-corrected chi connectivity index (χ3v) is 3.44. The van der Waals surface area contributed by atoms with E-state index in [-0.39, 0.29) is 11.5 Å². The second kappa shape index (κ2) is 5.80. The number of H-pyrrole nitrogens is 1. The van der Waals surface area contributed by atoms with Gasteiger partial charge in [0.15, 0.2) is 11.9 Å². The van der Waals surface area contributed by atoms with Crippen molar-refractivity contribution < 1.29 is 9.50 Å². The summed E-state index contributed by atoms with van der Waals surface area (Å²) in [7, 11) is 0. The molecule has 5 N–H and O–H groups in total. The molecular formula is C13H17FN8O. The number of aromatic amines is 1. The van der Waals surface area contributed by atoms with Crippen molar-refractivity contribution in [3.63, 3.8) is 0 Å². The number of halogens is 1. The summed E-state index contributed by atoms with van der Waals surface area (Å²) >= 11 is 0. The molecule has 2 unspecified atom stereocenters. The van der Waals surface area contributed by atoms with Crippen molar-refractivity contribution in [3.8, 4) is 0 Å². The number of nitrogens with two attached hydrogens (primary N) is 1. The van der Waals surface area contributed by atoms with E-state index in [4.69, 9.17) is 5.73 Å². The van der Waals surface area contributed by atoms with Gasteiger partial charge in [-0.2, -0.15) is 10.2 Å². The van der Waals surface area contributed by atoms with Crippen LogP contribution in [0.3, 0.4) is 0 Å². The maximum absolute atomic E-state index is 13.0. The van der Waals surface area contributed by atoms with Crippen molar-refractivity contribution in [2.24, 2.45) is 0 Å². The van der Waals surface area contributed by atoms with Crippen molar-refractivity contribution in [2.45, 2.75) is 26.1 Å². The molecule has 0 fully saturated rings. The van der Waals surface area contributed by atoms with Crippen molar-refractivity contribution in [1.82, 2.24) is 29.9 Å². The van der Waals surface area contributed by atoms with Gasteiger partial charge in [-0.3, -0.25) is 5.10 Å². The van der Waals surface area contributed by atoms with Crippen LogP contribution in [-0.2, 0) is 0 Å². The molecule has 3 aromatic heterocycles. The molecule has 0 aromatic carbocycles. The molecule has 0 radical (unpaired) electrons. The average molecular weight is 320 g/mol. The first-order valence-corrected chi connectivity index (χ1v) is 7.02. The molecule has 0 saturated heterocycles. The Bertz CT molecular complexity index is 829. The van der Waals surface area contributed by atoms with Crippen LogP contribution in [0.4, 0.5) is 16.0 Å². The van der Waals surface area contributed by atoms with E-state index in [1.807, 2.05) is 6.92 Å². The lowest BCUT2D eigenvalue weighted by atomic mass is 10.2. The fraction of sp³-hybridized carbons (Fsp3) is 0.385. The van der Waals surface area contributed by atoms with Crippen LogP contribution in [-0.4, -0.2) is 41.7 Å². The molecular weight excluding hydrogens is 303 g/mol. The third kappa shape index (κ3) is 2.68. The fourth-order valence-electron chi connectivity index (χ4n) is 2.29. The molecule has 0 saturated carbocycles. The van der Waals surface area contributed by atoms with Crippen LogP contribution >= 0.6 is 0 Å². The van der Waals surface area contributed by atoms with Crippen LogP contribution in [0, 0.1) is 6.92 Å². The van der Waals surface area contributed by atoms with Gasteiger partial charge < -0.3 is 16.2 Å². The van der Waals surface area contributed by atoms with Gasteiger partial charge in [0, 0.05) is 11.8 Å². The number of aryl methyl sites for hydroxylation is 1. The number of hydrogen-bond donors (Lipinski definition) is 4. The van der Waals surface area contributed by atoms with Gasteiger partial charge >= 0.3 is 0 Å². The highest BCUT2D eigenvalue weighted by molar-refractivity contribution is 5.88. The zero-order valence-corrected chi connectivity index (χ0v) is 12.7. The van der Waals surface area contributed by atoms with Crippen LogP contribution in [0.1, 0.15) is 30.6 Å². The molecule has 0 spiro atoms. The number of nitrogen functional groups attached to an aromatic ring is 1. The van der Waals surface area contributed by atoms with Gasteiger partial charge in [0.1, 0.15) is 30.3 Å². The number of alkyl halides is 1. The third-order valence-electron chi connectivity index (χ3n) is 3.44. The second-order valence-corrected chi connectivity index (χ2v) is 5.27. The maximum Gasteiger partial charge on any atom is 0.171 e. The van der Waals surface area contributed by atoms with Gasteiger partial charge in [0.05, 0.1) is 11.4 Å². The highest BCUT2D eigenvalue weighted by Gasteiger charge is 2.23. The summed E-state index contributed by atoms with van der Waals surface area (Å²) in [6.45, 7) is 2.87. The van der Waals surface area contributed by atoms with E-state index in [1.54, 1.807) is 13.0 Å². The second-order valence-electron chi connectivity index (χ2n) is 5.27. The van der Waals surface area contributed by atoms with E-state index in [2.05, 4.69) is 30.6 Å². The highest BCUT2D eigenvalue weighted by atomic mass is 19.1. The van der Waals surface area contributed by atoms with E-state index in [0.29, 0.717) is 16.9 Å². The normalized spacial score (nSPS) is 14.1. The van der Waals surface area contributed by atoms with Crippen molar-refractivity contribution in [1.29, 1.82) is 0 Å². The Morgan fingerprint density at radius 3 is 2.91 bits per heavy atom. The Kier molecular flexibility index (Phi) is 3.82. The van der Waals surface area contributed by atoms with E-state index < -0.39 is 18.9 Å². The van der Waals surface area contributed by atoms with Crippen LogP contribution in [0.25, 0.3) is 11.0 Å². The smallest absolute Gasteiger partial charge is 0.171 e. The molecule has 3 heterocycles. The predicted octanol–water partition coefficient (Wildman–Crippen LogP) is 1.07. The van der Waals surface area contributed by atoms with Crippen LogP contribution < -0.4 is 11.1 Å². The summed E-state index contributed by atoms with van der Waals surface area (Å²) in [6.07, 6.45) is 0.0862. The summed E-state index contributed by atoms with van der Waals surface area (Å²) in [6, 6.07) is 1.19. The molecule has 0 bridgehead atoms. The lowest BCUT2D eigenvalue weighted by Crippen LogP contribution is -2.13. The number of aliphatic hydroxyl groups is 1. The first-order valence-electron chi connectivity index (χ1n) is 7.02. The number of anilines is 2. The first-order chi connectivity index (χ1) is 11.0. The minimum absolute atomic E-state index is 0.168. The molecule has 0 amide bonds. The quantitative estimate of drug-likeness (QED) is 0.517. The Morgan fingerprint density at radius 1 is 1.48 bits per heavy atom. The van der Waals surface area contributed by atoms with Crippen LogP contribution in [0.15, 0.2) is 12.4 Å². The van der Waals surface area contributed by atoms with Crippen molar-refractivity contribution in [2.75, 3.05) is 17.7 Å². The van der Waals surface area contributed by atoms with Gasteiger partial charge in [-0.25, -0.2) is 19.0 Å². The number of rotatable bonds is 5. The molecule has 0 aliphatic heterocycles. The first kappa shape index (κ1) is 15.2. The SMILES string of the molecule is Cc1cc(NC(O)c2nn(C(C)CF)c3ncnc(N)c23)n[nH]1. The molecule has 2 atom stereocenters. The van der Waals surface area contributed by atoms with Gasteiger partial charge in [0.2, 0.25) is 0 Å². The van der Waals surface area contributed by atoms with Crippen molar-refractivity contribution in [3.05, 3.63) is 23.8 Å². The Hall–Kier alpha value is -2.75. The van der Waals surface area contributed by atoms with Crippen molar-refractivity contribution >= 4 is 22.7 Å². The summed E-state index contributed by atoms with van der Waals surface area (Å²) in [5, 5.41) is 24.6. The van der Waals surface area contributed by atoms with E-state index in [0.717, 1.165) is 5.69 Å². The van der Waals surface area contributed by atoms with Gasteiger partial charge in [-0.1, -0.05) is 0 Å². The Balaban J connectivity index is 2.05. The van der Waals surface area contributed by atoms with E-state index in [1.165, 1.54) is 11.0 Å². The molecule has 3 aromatic rings. The number of aliphatic hydroxyl groups excluding tert-OH is 1. The Labute approximate surface area is 130 Å². The van der Waals surface area contributed by atoms with Gasteiger partial charge in [0.25, 0.3) is 0 Å². The monoisotopic (exact) mass is 320 g/mol. The highest BCUT2D eigenvalue weighted by Crippen LogP contribution is 2.28. The van der Waals surface area contributed by atoms with Crippen LogP contribution in [0.2, 0.25) is 0 Å². The summed E-state index contributed by atoms with van der Waals surface area (Å²) in [4.78, 5) is 8.03. The van der Waals surface area contributed by atoms with Gasteiger partial charge in [-0.15, -0.1) is 0 Å². The molecule has 0 aliphatic rings. The fourth-order valence-corrected chi connectivity index (χ4v) is 2.29. The average Bonchev–Trinajstić information content (AvgIpc) is 3.11. The minimum atomic E-state index is -1.19. The summed E-state index contributed by atoms with van der Waals surface area (Å²) in [5.74, 6) is 0.619. The number of fused-ring (bicyclic) bond motifs is 1. The zero-order chi connectivity index (χ0) is 16.6. The Morgan fingerprint density at radius 2 is 2.26 bits per heavy atom. The lowest BCUT2D eigenvalue weighted by Gasteiger charge is -2.10. The molecule has 122 valence electrons. The molecule has 0 aliphatic carbocycles. The predicted molar refractivity (Wildman–Crippen MR) is 82.3 cm³/mol. The standard InChI is InChI=1S/C13H17FN8O/c1-6-3-8(20-19-6)18-13(23)10-9-11(15)16-5-17-12(9)22(21-10)7(2)4-14/h3,5,7,13,23H,4H2,1-2H3,(H2,15,16,17)(H2,18,19,20). The minimum Gasteiger partial charge on any atom is -0.383 e.